The van der Waals surface area contributed by atoms with Gasteiger partial charge in [-0.15, -0.1) is 0 Å². The van der Waals surface area contributed by atoms with E-state index in [2.05, 4.69) is 19.2 Å². The van der Waals surface area contributed by atoms with Crippen molar-refractivity contribution >= 4 is 5.91 Å². The summed E-state index contributed by atoms with van der Waals surface area (Å²) in [5.41, 5.74) is 6.13. The Bertz CT molecular complexity index is 420. The van der Waals surface area contributed by atoms with Gasteiger partial charge >= 0.3 is 0 Å². The van der Waals surface area contributed by atoms with Crippen LogP contribution in [-0.2, 0) is 4.79 Å². The summed E-state index contributed by atoms with van der Waals surface area (Å²) < 4.78 is 13.6. The molecule has 0 aliphatic carbocycles. The fraction of sp³-hybridized carbons (Fsp3) is 0.533. The lowest BCUT2D eigenvalue weighted by Crippen LogP contribution is -2.37. The van der Waals surface area contributed by atoms with E-state index in [0.717, 1.165) is 6.42 Å². The van der Waals surface area contributed by atoms with Crippen molar-refractivity contribution in [1.82, 2.24) is 5.32 Å². The first kappa shape index (κ1) is 15.6. The number of carbonyl (C=O) groups is 1. The highest BCUT2D eigenvalue weighted by molar-refractivity contribution is 5.79. The van der Waals surface area contributed by atoms with Gasteiger partial charge in [-0.2, -0.15) is 0 Å². The van der Waals surface area contributed by atoms with Crippen LogP contribution >= 0.6 is 0 Å². The molecular formula is C15H23FN2O. The molecule has 19 heavy (non-hydrogen) atoms. The van der Waals surface area contributed by atoms with Crippen LogP contribution in [0, 0.1) is 17.7 Å². The van der Waals surface area contributed by atoms with Crippen LogP contribution < -0.4 is 11.1 Å². The zero-order valence-electron chi connectivity index (χ0n) is 11.8. The van der Waals surface area contributed by atoms with Crippen molar-refractivity contribution in [3.8, 4) is 0 Å². The lowest BCUT2D eigenvalue weighted by molar-refractivity contribution is -0.125. The van der Waals surface area contributed by atoms with E-state index in [1.165, 1.54) is 6.07 Å². The third-order valence-corrected chi connectivity index (χ3v) is 3.14. The zero-order chi connectivity index (χ0) is 14.4. The molecule has 0 radical (unpaired) electrons. The van der Waals surface area contributed by atoms with Gasteiger partial charge in [-0.3, -0.25) is 4.79 Å². The van der Waals surface area contributed by atoms with Crippen LogP contribution in [0.1, 0.15) is 38.8 Å². The molecule has 3 N–H and O–H groups in total. The number of amides is 1. The Hall–Kier alpha value is -1.42. The zero-order valence-corrected chi connectivity index (χ0v) is 11.8. The van der Waals surface area contributed by atoms with Crippen molar-refractivity contribution in [3.63, 3.8) is 0 Å². The molecule has 0 bridgehead atoms. The molecule has 0 aromatic heterocycles. The number of benzene rings is 1. The Balaban J connectivity index is 2.68. The van der Waals surface area contributed by atoms with Gasteiger partial charge in [0.25, 0.3) is 0 Å². The molecule has 106 valence electrons. The summed E-state index contributed by atoms with van der Waals surface area (Å²) in [4.78, 5) is 12.1. The Morgan fingerprint density at radius 3 is 2.47 bits per heavy atom. The average molecular weight is 266 g/mol. The van der Waals surface area contributed by atoms with Crippen LogP contribution in [0.4, 0.5) is 4.39 Å². The number of hydrogen-bond acceptors (Lipinski definition) is 2. The topological polar surface area (TPSA) is 55.1 Å². The molecule has 1 aromatic carbocycles. The minimum absolute atomic E-state index is 0.105. The molecule has 1 unspecified atom stereocenters. The Kier molecular flexibility index (Phi) is 5.96. The first-order chi connectivity index (χ1) is 8.95. The number of halogens is 1. The third-order valence-electron chi connectivity index (χ3n) is 3.14. The van der Waals surface area contributed by atoms with Gasteiger partial charge in [-0.1, -0.05) is 32.0 Å². The van der Waals surface area contributed by atoms with Crippen molar-refractivity contribution in [2.24, 2.45) is 17.6 Å². The molecule has 1 rings (SSSR count). The van der Waals surface area contributed by atoms with Gasteiger partial charge in [-0.25, -0.2) is 4.39 Å². The highest BCUT2D eigenvalue weighted by Crippen LogP contribution is 2.18. The van der Waals surface area contributed by atoms with Crippen molar-refractivity contribution in [2.45, 2.75) is 33.2 Å². The van der Waals surface area contributed by atoms with E-state index >= 15 is 0 Å². The summed E-state index contributed by atoms with van der Waals surface area (Å²) in [6.45, 7) is 6.19. The summed E-state index contributed by atoms with van der Waals surface area (Å²) >= 11 is 0. The van der Waals surface area contributed by atoms with Crippen molar-refractivity contribution in [1.29, 1.82) is 0 Å². The fourth-order valence-electron chi connectivity index (χ4n) is 2.11. The number of carbonyl (C=O) groups excluding carboxylic acids is 1. The molecule has 0 saturated carbocycles. The third kappa shape index (κ3) is 4.63. The second-order valence-corrected chi connectivity index (χ2v) is 5.31. The molecule has 1 aromatic rings. The molecular weight excluding hydrogens is 243 g/mol. The average Bonchev–Trinajstić information content (AvgIpc) is 2.35. The SMILES string of the molecule is CC(C)CC(CN)C(=O)N[C@H](C)c1ccccc1F. The Morgan fingerprint density at radius 1 is 1.32 bits per heavy atom. The van der Waals surface area contributed by atoms with Gasteiger partial charge in [0.15, 0.2) is 0 Å². The number of nitrogens with two attached hydrogens (primary N) is 1. The Labute approximate surface area is 114 Å². The first-order valence-corrected chi connectivity index (χ1v) is 6.70. The monoisotopic (exact) mass is 266 g/mol. The largest absolute Gasteiger partial charge is 0.349 e. The lowest BCUT2D eigenvalue weighted by atomic mass is 9.95. The molecule has 0 spiro atoms. The molecule has 4 heteroatoms. The molecule has 3 nitrogen and oxygen atoms in total. The maximum absolute atomic E-state index is 13.6. The lowest BCUT2D eigenvalue weighted by Gasteiger charge is -2.21. The van der Waals surface area contributed by atoms with E-state index in [4.69, 9.17) is 5.73 Å². The molecule has 0 heterocycles. The first-order valence-electron chi connectivity index (χ1n) is 6.70. The van der Waals surface area contributed by atoms with E-state index < -0.39 is 0 Å². The minimum atomic E-state index is -0.352. The van der Waals surface area contributed by atoms with Crippen molar-refractivity contribution in [2.75, 3.05) is 6.54 Å². The summed E-state index contributed by atoms with van der Waals surface area (Å²) in [6.07, 6.45) is 0.742. The standard InChI is InChI=1S/C15H23FN2O/c1-10(2)8-12(9-17)15(19)18-11(3)13-6-4-5-7-14(13)16/h4-7,10-12H,8-9,17H2,1-3H3,(H,18,19)/t11-,12?/m1/s1. The molecule has 1 amide bonds. The molecule has 2 atom stereocenters. The second kappa shape index (κ2) is 7.24. The Morgan fingerprint density at radius 2 is 1.95 bits per heavy atom. The van der Waals surface area contributed by atoms with Crippen LogP contribution in [0.2, 0.25) is 0 Å². The quantitative estimate of drug-likeness (QED) is 0.831. The maximum Gasteiger partial charge on any atom is 0.224 e. The number of rotatable bonds is 6. The summed E-state index contributed by atoms with van der Waals surface area (Å²) in [7, 11) is 0. The number of nitrogens with one attached hydrogen (secondary N) is 1. The van der Waals surface area contributed by atoms with Crippen LogP contribution in [0.3, 0.4) is 0 Å². The fourth-order valence-corrected chi connectivity index (χ4v) is 2.11. The van der Waals surface area contributed by atoms with Crippen LogP contribution in [-0.4, -0.2) is 12.5 Å². The predicted molar refractivity (Wildman–Crippen MR) is 75.0 cm³/mol. The van der Waals surface area contributed by atoms with Gasteiger partial charge in [-0.05, 0) is 25.3 Å². The second-order valence-electron chi connectivity index (χ2n) is 5.31. The van der Waals surface area contributed by atoms with Gasteiger partial charge in [0.2, 0.25) is 5.91 Å². The molecule has 0 aliphatic heterocycles. The predicted octanol–water partition coefficient (Wildman–Crippen LogP) is 2.62. The van der Waals surface area contributed by atoms with Crippen LogP contribution in [0.25, 0.3) is 0 Å². The summed E-state index contributed by atoms with van der Waals surface area (Å²) in [5.74, 6) is -0.215. The summed E-state index contributed by atoms with van der Waals surface area (Å²) in [6, 6.07) is 6.12. The van der Waals surface area contributed by atoms with Gasteiger partial charge in [0, 0.05) is 12.1 Å². The molecule has 0 saturated heterocycles. The van der Waals surface area contributed by atoms with E-state index in [1.54, 1.807) is 25.1 Å². The van der Waals surface area contributed by atoms with Crippen LogP contribution in [0.5, 0.6) is 0 Å². The summed E-state index contributed by atoms with van der Waals surface area (Å²) in [5, 5.41) is 2.83. The van der Waals surface area contributed by atoms with E-state index in [1.807, 2.05) is 0 Å². The highest BCUT2D eigenvalue weighted by Gasteiger charge is 2.21. The van der Waals surface area contributed by atoms with Crippen molar-refractivity contribution < 1.29 is 9.18 Å². The van der Waals surface area contributed by atoms with Gasteiger partial charge < -0.3 is 11.1 Å². The van der Waals surface area contributed by atoms with Gasteiger partial charge in [0.1, 0.15) is 5.82 Å². The maximum atomic E-state index is 13.6. The minimum Gasteiger partial charge on any atom is -0.349 e. The molecule has 0 fully saturated rings. The smallest absolute Gasteiger partial charge is 0.224 e. The highest BCUT2D eigenvalue weighted by atomic mass is 19.1. The normalized spacial score (nSPS) is 14.2. The van der Waals surface area contributed by atoms with Gasteiger partial charge in [0.05, 0.1) is 12.0 Å². The number of hydrogen-bond donors (Lipinski definition) is 2. The van der Waals surface area contributed by atoms with E-state index in [9.17, 15) is 9.18 Å². The van der Waals surface area contributed by atoms with E-state index in [-0.39, 0.29) is 23.7 Å². The van der Waals surface area contributed by atoms with Crippen molar-refractivity contribution in [3.05, 3.63) is 35.6 Å². The molecule has 0 aliphatic rings. The van der Waals surface area contributed by atoms with E-state index in [0.29, 0.717) is 18.0 Å². The van der Waals surface area contributed by atoms with Crippen LogP contribution in [0.15, 0.2) is 24.3 Å².